The highest BCUT2D eigenvalue weighted by atomic mass is 16.5. The van der Waals surface area contributed by atoms with Crippen LogP contribution in [-0.4, -0.2) is 55.6 Å². The van der Waals surface area contributed by atoms with Gasteiger partial charge in [0, 0.05) is 31.7 Å². The molecule has 7 heteroatoms. The van der Waals surface area contributed by atoms with Crippen LogP contribution in [0.3, 0.4) is 0 Å². The molecule has 1 heterocycles. The van der Waals surface area contributed by atoms with E-state index in [-0.39, 0.29) is 6.54 Å². The van der Waals surface area contributed by atoms with Gasteiger partial charge in [-0.25, -0.2) is 9.59 Å². The molecule has 0 radical (unpaired) electrons. The number of rotatable bonds is 7. The van der Waals surface area contributed by atoms with Crippen LogP contribution in [0.25, 0.3) is 0 Å². The summed E-state index contributed by atoms with van der Waals surface area (Å²) in [4.78, 5) is 41.1. The molecule has 0 saturated heterocycles. The topological polar surface area (TPSA) is 76.2 Å². The molecule has 2 aromatic rings. The summed E-state index contributed by atoms with van der Waals surface area (Å²) in [6.07, 6.45) is 0.370. The number of ether oxygens (including phenoxy) is 2. The maximum absolute atomic E-state index is 12.8. The first-order chi connectivity index (χ1) is 15.0. The number of esters is 2. The minimum Gasteiger partial charge on any atom is -0.467 e. The summed E-state index contributed by atoms with van der Waals surface area (Å²) in [5.74, 6) is -1.49. The molecule has 0 unspecified atom stereocenters. The summed E-state index contributed by atoms with van der Waals surface area (Å²) in [7, 11) is 1.30. The van der Waals surface area contributed by atoms with E-state index in [0.717, 1.165) is 29.9 Å². The molecule has 1 amide bonds. The van der Waals surface area contributed by atoms with Crippen LogP contribution >= 0.6 is 0 Å². The van der Waals surface area contributed by atoms with Crippen molar-refractivity contribution >= 4 is 23.5 Å². The Morgan fingerprint density at radius 3 is 2.26 bits per heavy atom. The number of carbonyl (C=O) groups excluding carboxylic acids is 3. The maximum atomic E-state index is 12.8. The van der Waals surface area contributed by atoms with Gasteiger partial charge in [0.15, 0.2) is 6.61 Å². The Morgan fingerprint density at radius 2 is 1.65 bits per heavy atom. The van der Waals surface area contributed by atoms with Crippen molar-refractivity contribution in [2.45, 2.75) is 32.9 Å². The van der Waals surface area contributed by atoms with Crippen molar-refractivity contribution in [2.24, 2.45) is 0 Å². The first-order valence-corrected chi connectivity index (χ1v) is 10.4. The third kappa shape index (κ3) is 5.05. The van der Waals surface area contributed by atoms with Gasteiger partial charge in [-0.15, -0.1) is 0 Å². The Balaban J connectivity index is 1.66. The van der Waals surface area contributed by atoms with Crippen molar-refractivity contribution in [3.63, 3.8) is 0 Å². The number of nitrogens with zero attached hydrogens (tertiary/aromatic N) is 2. The number of amides is 1. The number of carbonyl (C=O) groups is 3. The lowest BCUT2D eigenvalue weighted by Crippen LogP contribution is -2.50. The predicted molar refractivity (Wildman–Crippen MR) is 117 cm³/mol. The monoisotopic (exact) mass is 424 g/mol. The van der Waals surface area contributed by atoms with Gasteiger partial charge in [-0.2, -0.15) is 0 Å². The zero-order chi connectivity index (χ0) is 22.4. The summed E-state index contributed by atoms with van der Waals surface area (Å²) >= 11 is 0. The van der Waals surface area contributed by atoms with E-state index in [4.69, 9.17) is 9.47 Å². The Labute approximate surface area is 182 Å². The molecule has 31 heavy (non-hydrogen) atoms. The van der Waals surface area contributed by atoms with Crippen LogP contribution in [-0.2, 0) is 32.0 Å². The normalized spacial score (nSPS) is 15.1. The first kappa shape index (κ1) is 22.3. The van der Waals surface area contributed by atoms with E-state index in [1.54, 1.807) is 12.1 Å². The van der Waals surface area contributed by atoms with E-state index in [0.29, 0.717) is 12.0 Å². The van der Waals surface area contributed by atoms with Crippen molar-refractivity contribution in [2.75, 3.05) is 31.7 Å². The molecule has 0 spiro atoms. The highest BCUT2D eigenvalue weighted by Gasteiger charge is 2.35. The number of fused-ring (bicyclic) bond motifs is 1. The molecule has 0 bridgehead atoms. The Morgan fingerprint density at radius 1 is 1.00 bits per heavy atom. The Hall–Kier alpha value is -3.35. The SMILES string of the molecule is CCN(CC)c1ccc(C(=O)OCC(=O)N2Cc3ccccc3C[C@@H]2C(=O)OC)cc1. The molecular formula is C24H28N2O5. The Bertz CT molecular complexity index is 937. The second-order valence-electron chi connectivity index (χ2n) is 7.33. The zero-order valence-electron chi connectivity index (χ0n) is 18.2. The molecule has 1 atom stereocenters. The molecule has 2 aromatic carbocycles. The highest BCUT2D eigenvalue weighted by Crippen LogP contribution is 2.24. The largest absolute Gasteiger partial charge is 0.467 e. The molecule has 7 nitrogen and oxygen atoms in total. The van der Waals surface area contributed by atoms with Crippen molar-refractivity contribution in [1.29, 1.82) is 0 Å². The Kier molecular flexibility index (Phi) is 7.28. The number of methoxy groups -OCH3 is 1. The van der Waals surface area contributed by atoms with Gasteiger partial charge in [0.2, 0.25) is 0 Å². The second kappa shape index (κ2) is 10.1. The lowest BCUT2D eigenvalue weighted by Gasteiger charge is -2.35. The summed E-state index contributed by atoms with van der Waals surface area (Å²) in [6, 6.07) is 14.0. The standard InChI is InChI=1S/C24H28N2O5/c1-4-25(5-2)20-12-10-17(11-13-20)23(28)31-16-22(27)26-15-19-9-7-6-8-18(19)14-21(26)24(29)30-3/h6-13,21H,4-5,14-16H2,1-3H3/t21-/m1/s1. The van der Waals surface area contributed by atoms with Crippen LogP contribution in [0, 0.1) is 0 Å². The van der Waals surface area contributed by atoms with Crippen molar-refractivity contribution in [1.82, 2.24) is 4.90 Å². The minimum atomic E-state index is -0.737. The summed E-state index contributed by atoms with van der Waals surface area (Å²) in [5, 5.41) is 0. The summed E-state index contributed by atoms with van der Waals surface area (Å²) < 4.78 is 10.1. The van der Waals surface area contributed by atoms with E-state index in [2.05, 4.69) is 18.7 Å². The molecule has 0 aromatic heterocycles. The number of hydrogen-bond acceptors (Lipinski definition) is 6. The van der Waals surface area contributed by atoms with Gasteiger partial charge in [0.05, 0.1) is 12.7 Å². The molecule has 164 valence electrons. The quantitative estimate of drug-likeness (QED) is 0.636. The van der Waals surface area contributed by atoms with Crippen LogP contribution in [0.1, 0.15) is 35.3 Å². The van der Waals surface area contributed by atoms with Crippen molar-refractivity contribution in [3.8, 4) is 0 Å². The highest BCUT2D eigenvalue weighted by molar-refractivity contribution is 5.92. The predicted octanol–water partition coefficient (Wildman–Crippen LogP) is 2.82. The lowest BCUT2D eigenvalue weighted by atomic mass is 9.94. The molecule has 1 aliphatic rings. The number of benzene rings is 2. The number of anilines is 1. The number of hydrogen-bond donors (Lipinski definition) is 0. The van der Waals surface area contributed by atoms with Gasteiger partial charge in [0.25, 0.3) is 5.91 Å². The van der Waals surface area contributed by atoms with Gasteiger partial charge in [0.1, 0.15) is 6.04 Å². The van der Waals surface area contributed by atoms with Crippen molar-refractivity contribution in [3.05, 3.63) is 65.2 Å². The van der Waals surface area contributed by atoms with E-state index in [1.807, 2.05) is 36.4 Å². The molecular weight excluding hydrogens is 396 g/mol. The van der Waals surface area contributed by atoms with E-state index >= 15 is 0 Å². The van der Waals surface area contributed by atoms with Crippen LogP contribution in [0.2, 0.25) is 0 Å². The summed E-state index contributed by atoms with van der Waals surface area (Å²) in [5.41, 5.74) is 3.37. The van der Waals surface area contributed by atoms with Gasteiger partial charge in [-0.1, -0.05) is 24.3 Å². The molecule has 0 saturated carbocycles. The average Bonchev–Trinajstić information content (AvgIpc) is 2.82. The van der Waals surface area contributed by atoms with Gasteiger partial charge >= 0.3 is 11.9 Å². The van der Waals surface area contributed by atoms with Crippen LogP contribution in [0.15, 0.2) is 48.5 Å². The average molecular weight is 424 g/mol. The zero-order valence-corrected chi connectivity index (χ0v) is 18.2. The molecule has 0 N–H and O–H groups in total. The van der Waals surface area contributed by atoms with E-state index in [9.17, 15) is 14.4 Å². The third-order valence-electron chi connectivity index (χ3n) is 5.60. The van der Waals surface area contributed by atoms with Crippen LogP contribution in [0.4, 0.5) is 5.69 Å². The molecule has 0 aliphatic carbocycles. The maximum Gasteiger partial charge on any atom is 0.338 e. The third-order valence-corrected chi connectivity index (χ3v) is 5.60. The lowest BCUT2D eigenvalue weighted by molar-refractivity contribution is -0.155. The molecule has 0 fully saturated rings. The fourth-order valence-corrected chi connectivity index (χ4v) is 3.82. The van der Waals surface area contributed by atoms with E-state index < -0.39 is 30.5 Å². The summed E-state index contributed by atoms with van der Waals surface area (Å²) in [6.45, 7) is 5.71. The van der Waals surface area contributed by atoms with Crippen molar-refractivity contribution < 1.29 is 23.9 Å². The fourth-order valence-electron chi connectivity index (χ4n) is 3.82. The molecule has 1 aliphatic heterocycles. The first-order valence-electron chi connectivity index (χ1n) is 10.4. The van der Waals surface area contributed by atoms with Gasteiger partial charge < -0.3 is 19.3 Å². The van der Waals surface area contributed by atoms with E-state index in [1.165, 1.54) is 12.0 Å². The fraction of sp³-hybridized carbons (Fsp3) is 0.375. The smallest absolute Gasteiger partial charge is 0.338 e. The van der Waals surface area contributed by atoms with Crippen LogP contribution < -0.4 is 4.90 Å². The molecule has 3 rings (SSSR count). The second-order valence-corrected chi connectivity index (χ2v) is 7.33. The van der Waals surface area contributed by atoms with Crippen LogP contribution in [0.5, 0.6) is 0 Å². The minimum absolute atomic E-state index is 0.269. The van der Waals surface area contributed by atoms with Gasteiger partial charge in [-0.3, -0.25) is 4.79 Å². The van der Waals surface area contributed by atoms with Gasteiger partial charge in [-0.05, 0) is 49.2 Å².